The summed E-state index contributed by atoms with van der Waals surface area (Å²) >= 11 is 0. The molecule has 3 N–H and O–H groups in total. The van der Waals surface area contributed by atoms with Gasteiger partial charge in [-0.15, -0.1) is 0 Å². The van der Waals surface area contributed by atoms with E-state index in [1.807, 2.05) is 31.2 Å². The van der Waals surface area contributed by atoms with E-state index in [1.54, 1.807) is 7.05 Å². The maximum atomic E-state index is 12.1. The minimum Gasteiger partial charge on any atom is -0.379 e. The van der Waals surface area contributed by atoms with E-state index in [4.69, 9.17) is 4.74 Å². The van der Waals surface area contributed by atoms with E-state index < -0.39 is 0 Å². The highest BCUT2D eigenvalue weighted by Crippen LogP contribution is 2.19. The number of rotatable bonds is 10. The van der Waals surface area contributed by atoms with Crippen LogP contribution in [0.25, 0.3) is 0 Å². The molecule has 1 unspecified atom stereocenters. The molecule has 0 spiro atoms. The molecule has 0 aliphatic carbocycles. The van der Waals surface area contributed by atoms with Crippen LogP contribution < -0.4 is 16.0 Å². The van der Waals surface area contributed by atoms with Crippen molar-refractivity contribution in [2.45, 2.75) is 46.2 Å². The van der Waals surface area contributed by atoms with Crippen LogP contribution in [0.5, 0.6) is 0 Å². The summed E-state index contributed by atoms with van der Waals surface area (Å²) in [7, 11) is 1.79. The van der Waals surface area contributed by atoms with Gasteiger partial charge in [0.1, 0.15) is 0 Å². The van der Waals surface area contributed by atoms with Gasteiger partial charge in [-0.3, -0.25) is 14.7 Å². The Balaban J connectivity index is 1.94. The standard InChI is InChI=1S/C23H39N5O2/c1-5-19(6-2)21(28-11-13-30-14-12-28)17-27-23(24-4)26-16-18-9-8-10-20(15-18)22(29)25-7-3/h8-10,15,19,21H,5-7,11-14,16-17H2,1-4H3,(H,25,29)(H2,24,26,27). The lowest BCUT2D eigenvalue weighted by Gasteiger charge is -2.39. The van der Waals surface area contributed by atoms with Crippen molar-refractivity contribution in [1.29, 1.82) is 0 Å². The van der Waals surface area contributed by atoms with Gasteiger partial charge >= 0.3 is 0 Å². The highest BCUT2D eigenvalue weighted by atomic mass is 16.5. The SMILES string of the molecule is CCNC(=O)c1cccc(CNC(=NC)NCC(C(CC)CC)N2CCOCC2)c1. The van der Waals surface area contributed by atoms with E-state index in [2.05, 4.69) is 39.7 Å². The quantitative estimate of drug-likeness (QED) is 0.402. The Morgan fingerprint density at radius 2 is 1.87 bits per heavy atom. The molecule has 1 fully saturated rings. The summed E-state index contributed by atoms with van der Waals surface area (Å²) in [5.41, 5.74) is 1.73. The molecule has 1 heterocycles. The highest BCUT2D eigenvalue weighted by molar-refractivity contribution is 5.94. The third kappa shape index (κ3) is 7.29. The van der Waals surface area contributed by atoms with Gasteiger partial charge in [-0.25, -0.2) is 0 Å². The molecule has 1 saturated heterocycles. The molecule has 0 aromatic heterocycles. The Morgan fingerprint density at radius 3 is 2.50 bits per heavy atom. The summed E-state index contributed by atoms with van der Waals surface area (Å²) in [4.78, 5) is 19.0. The summed E-state index contributed by atoms with van der Waals surface area (Å²) in [6.45, 7) is 12.2. The number of ether oxygens (including phenoxy) is 1. The average Bonchev–Trinajstić information content (AvgIpc) is 2.79. The zero-order valence-corrected chi connectivity index (χ0v) is 19.0. The number of nitrogens with one attached hydrogen (secondary N) is 3. The van der Waals surface area contributed by atoms with Gasteiger partial charge in [-0.2, -0.15) is 0 Å². The Labute approximate surface area is 181 Å². The first kappa shape index (κ1) is 24.2. The van der Waals surface area contributed by atoms with E-state index in [1.165, 1.54) is 12.8 Å². The van der Waals surface area contributed by atoms with Crippen molar-refractivity contribution >= 4 is 11.9 Å². The van der Waals surface area contributed by atoms with Gasteiger partial charge < -0.3 is 20.7 Å². The lowest BCUT2D eigenvalue weighted by atomic mass is 9.92. The van der Waals surface area contributed by atoms with E-state index in [0.717, 1.165) is 44.4 Å². The first-order chi connectivity index (χ1) is 14.6. The van der Waals surface area contributed by atoms with Crippen LogP contribution in [-0.4, -0.2) is 69.2 Å². The number of morpholine rings is 1. The molecule has 1 aliphatic heterocycles. The molecule has 1 aromatic carbocycles. The lowest BCUT2D eigenvalue weighted by molar-refractivity contribution is 0.00272. The van der Waals surface area contributed by atoms with Crippen molar-refractivity contribution in [3.05, 3.63) is 35.4 Å². The molecule has 7 nitrogen and oxygen atoms in total. The van der Waals surface area contributed by atoms with E-state index >= 15 is 0 Å². The summed E-state index contributed by atoms with van der Waals surface area (Å²) in [6.07, 6.45) is 2.33. The fourth-order valence-corrected chi connectivity index (χ4v) is 4.03. The number of amides is 1. The molecule has 1 amide bonds. The largest absolute Gasteiger partial charge is 0.379 e. The van der Waals surface area contributed by atoms with Crippen molar-refractivity contribution in [2.24, 2.45) is 10.9 Å². The van der Waals surface area contributed by atoms with Crippen LogP contribution in [0.2, 0.25) is 0 Å². The van der Waals surface area contributed by atoms with Gasteiger partial charge in [0.15, 0.2) is 5.96 Å². The fourth-order valence-electron chi connectivity index (χ4n) is 4.03. The Hall–Kier alpha value is -2.12. The monoisotopic (exact) mass is 417 g/mol. The van der Waals surface area contributed by atoms with Crippen molar-refractivity contribution in [1.82, 2.24) is 20.9 Å². The van der Waals surface area contributed by atoms with Gasteiger partial charge in [0, 0.05) is 51.4 Å². The Bertz CT molecular complexity index is 669. The maximum Gasteiger partial charge on any atom is 0.251 e. The first-order valence-corrected chi connectivity index (χ1v) is 11.3. The molecule has 0 bridgehead atoms. The number of aliphatic imine (C=N–C) groups is 1. The number of hydrogen-bond donors (Lipinski definition) is 3. The molecule has 168 valence electrons. The Morgan fingerprint density at radius 1 is 1.13 bits per heavy atom. The van der Waals surface area contributed by atoms with Gasteiger partial charge in [0.2, 0.25) is 0 Å². The third-order valence-corrected chi connectivity index (χ3v) is 5.80. The number of carbonyl (C=O) groups excluding carboxylic acids is 1. The molecule has 0 radical (unpaired) electrons. The number of hydrogen-bond acceptors (Lipinski definition) is 4. The normalized spacial score (nSPS) is 16.4. The second kappa shape index (κ2) is 13.2. The molecule has 0 saturated carbocycles. The second-order valence-corrected chi connectivity index (χ2v) is 7.66. The van der Waals surface area contributed by atoms with Crippen molar-refractivity contribution in [3.63, 3.8) is 0 Å². The topological polar surface area (TPSA) is 78.0 Å². The Kier molecular flexibility index (Phi) is 10.7. The van der Waals surface area contributed by atoms with Crippen molar-refractivity contribution in [3.8, 4) is 0 Å². The van der Waals surface area contributed by atoms with Crippen LogP contribution in [0, 0.1) is 5.92 Å². The maximum absolute atomic E-state index is 12.1. The van der Waals surface area contributed by atoms with Crippen LogP contribution >= 0.6 is 0 Å². The third-order valence-electron chi connectivity index (χ3n) is 5.80. The molecular formula is C23H39N5O2. The number of guanidine groups is 1. The minimum atomic E-state index is -0.0413. The predicted molar refractivity (Wildman–Crippen MR) is 123 cm³/mol. The smallest absolute Gasteiger partial charge is 0.251 e. The number of benzene rings is 1. The van der Waals surface area contributed by atoms with Crippen LogP contribution in [0.1, 0.15) is 49.5 Å². The zero-order valence-electron chi connectivity index (χ0n) is 19.0. The molecule has 7 heteroatoms. The van der Waals surface area contributed by atoms with Crippen molar-refractivity contribution in [2.75, 3.05) is 46.4 Å². The van der Waals surface area contributed by atoms with Gasteiger partial charge in [0.25, 0.3) is 5.91 Å². The molecule has 1 aliphatic rings. The first-order valence-electron chi connectivity index (χ1n) is 11.3. The number of nitrogens with zero attached hydrogens (tertiary/aromatic N) is 2. The van der Waals surface area contributed by atoms with Crippen LogP contribution in [-0.2, 0) is 11.3 Å². The van der Waals surface area contributed by atoms with E-state index in [-0.39, 0.29) is 5.91 Å². The molecule has 1 atom stereocenters. The highest BCUT2D eigenvalue weighted by Gasteiger charge is 2.27. The number of carbonyl (C=O) groups is 1. The van der Waals surface area contributed by atoms with Gasteiger partial charge in [-0.1, -0.05) is 38.8 Å². The van der Waals surface area contributed by atoms with Gasteiger partial charge in [0.05, 0.1) is 13.2 Å². The lowest BCUT2D eigenvalue weighted by Crippen LogP contribution is -2.53. The minimum absolute atomic E-state index is 0.0413. The summed E-state index contributed by atoms with van der Waals surface area (Å²) in [6, 6.07) is 8.16. The van der Waals surface area contributed by atoms with Crippen LogP contribution in [0.4, 0.5) is 0 Å². The zero-order chi connectivity index (χ0) is 21.8. The molecule has 2 rings (SSSR count). The summed E-state index contributed by atoms with van der Waals surface area (Å²) in [5.74, 6) is 1.38. The van der Waals surface area contributed by atoms with Crippen LogP contribution in [0.15, 0.2) is 29.3 Å². The van der Waals surface area contributed by atoms with E-state index in [9.17, 15) is 4.79 Å². The summed E-state index contributed by atoms with van der Waals surface area (Å²) in [5, 5.41) is 9.74. The molecular weight excluding hydrogens is 378 g/mol. The molecule has 1 aromatic rings. The van der Waals surface area contributed by atoms with Crippen molar-refractivity contribution < 1.29 is 9.53 Å². The van der Waals surface area contributed by atoms with Gasteiger partial charge in [-0.05, 0) is 30.5 Å². The average molecular weight is 418 g/mol. The second-order valence-electron chi connectivity index (χ2n) is 7.66. The summed E-state index contributed by atoms with van der Waals surface area (Å²) < 4.78 is 5.55. The van der Waals surface area contributed by atoms with Crippen LogP contribution in [0.3, 0.4) is 0 Å². The fraction of sp³-hybridized carbons (Fsp3) is 0.652. The van der Waals surface area contributed by atoms with E-state index in [0.29, 0.717) is 30.6 Å². The molecule has 30 heavy (non-hydrogen) atoms. The predicted octanol–water partition coefficient (Wildman–Crippen LogP) is 2.24.